The van der Waals surface area contributed by atoms with Crippen molar-refractivity contribution in [2.24, 2.45) is 11.8 Å². The van der Waals surface area contributed by atoms with Gasteiger partial charge in [-0.2, -0.15) is 0 Å². The first-order valence-electron chi connectivity index (χ1n) is 11.3. The van der Waals surface area contributed by atoms with Gasteiger partial charge in [0.05, 0.1) is 19.8 Å². The summed E-state index contributed by atoms with van der Waals surface area (Å²) in [6.45, 7) is 1.63. The van der Waals surface area contributed by atoms with Crippen LogP contribution in [0.2, 0.25) is 0 Å². The molecule has 1 aliphatic carbocycles. The number of hydrogen-bond donors (Lipinski definition) is 2. The minimum Gasteiger partial charge on any atom is -0.497 e. The van der Waals surface area contributed by atoms with Crippen LogP contribution in [0, 0.1) is 11.8 Å². The van der Waals surface area contributed by atoms with Gasteiger partial charge in [0.25, 0.3) is 5.91 Å². The van der Waals surface area contributed by atoms with Crippen LogP contribution in [0.3, 0.4) is 0 Å². The van der Waals surface area contributed by atoms with Gasteiger partial charge in [-0.3, -0.25) is 4.79 Å². The van der Waals surface area contributed by atoms with E-state index in [9.17, 15) is 9.59 Å². The lowest BCUT2D eigenvalue weighted by molar-refractivity contribution is 0.0518. The summed E-state index contributed by atoms with van der Waals surface area (Å²) in [5.41, 5.74) is 1.73. The van der Waals surface area contributed by atoms with Gasteiger partial charge in [-0.15, -0.1) is 0 Å². The normalized spacial score (nSPS) is 20.1. The Bertz CT molecular complexity index is 960. The van der Waals surface area contributed by atoms with E-state index in [-0.39, 0.29) is 11.9 Å². The SMILES string of the molecule is COc1ccc(NC(=O)Nc2ccc(C(=O)N3CC[C@H]4CCCC[C@H]4C3)c(OC)c2)cc1. The number of nitrogens with zero attached hydrogens (tertiary/aromatic N) is 1. The predicted molar refractivity (Wildman–Crippen MR) is 125 cm³/mol. The van der Waals surface area contributed by atoms with E-state index in [0.717, 1.165) is 25.4 Å². The van der Waals surface area contributed by atoms with E-state index in [1.165, 1.54) is 25.7 Å². The maximum Gasteiger partial charge on any atom is 0.323 e. The second-order valence-electron chi connectivity index (χ2n) is 8.57. The monoisotopic (exact) mass is 437 g/mol. The summed E-state index contributed by atoms with van der Waals surface area (Å²) >= 11 is 0. The van der Waals surface area contributed by atoms with Crippen LogP contribution < -0.4 is 20.1 Å². The molecule has 1 saturated heterocycles. The summed E-state index contributed by atoms with van der Waals surface area (Å²) in [4.78, 5) is 27.5. The summed E-state index contributed by atoms with van der Waals surface area (Å²) in [6, 6.07) is 11.8. The Hall–Kier alpha value is -3.22. The number of fused-ring (bicyclic) bond motifs is 1. The Morgan fingerprint density at radius 3 is 2.28 bits per heavy atom. The van der Waals surface area contributed by atoms with Crippen molar-refractivity contribution < 1.29 is 19.1 Å². The van der Waals surface area contributed by atoms with Crippen molar-refractivity contribution in [3.05, 3.63) is 48.0 Å². The third-order valence-electron chi connectivity index (χ3n) is 6.62. The molecule has 0 aromatic heterocycles. The average molecular weight is 438 g/mol. The van der Waals surface area contributed by atoms with Gasteiger partial charge in [-0.25, -0.2) is 4.79 Å². The van der Waals surface area contributed by atoms with Gasteiger partial charge in [-0.05, 0) is 61.1 Å². The summed E-state index contributed by atoms with van der Waals surface area (Å²) in [7, 11) is 3.13. The second kappa shape index (κ2) is 9.94. The third-order valence-corrected chi connectivity index (χ3v) is 6.62. The summed E-state index contributed by atoms with van der Waals surface area (Å²) in [5.74, 6) is 2.57. The van der Waals surface area contributed by atoms with Crippen LogP contribution in [0.4, 0.5) is 16.2 Å². The number of piperidine rings is 1. The minimum atomic E-state index is -0.379. The fourth-order valence-electron chi connectivity index (χ4n) is 4.87. The highest BCUT2D eigenvalue weighted by Crippen LogP contribution is 2.37. The molecule has 4 rings (SSSR count). The first-order valence-corrected chi connectivity index (χ1v) is 11.3. The van der Waals surface area contributed by atoms with E-state index < -0.39 is 0 Å². The van der Waals surface area contributed by atoms with Crippen molar-refractivity contribution in [1.82, 2.24) is 4.90 Å². The van der Waals surface area contributed by atoms with E-state index in [2.05, 4.69) is 10.6 Å². The first-order chi connectivity index (χ1) is 15.6. The molecule has 2 atom stereocenters. The van der Waals surface area contributed by atoms with Crippen LogP contribution in [-0.2, 0) is 0 Å². The van der Waals surface area contributed by atoms with Gasteiger partial charge in [-0.1, -0.05) is 19.3 Å². The lowest BCUT2D eigenvalue weighted by Gasteiger charge is -2.41. The number of carbonyl (C=O) groups excluding carboxylic acids is 2. The van der Waals surface area contributed by atoms with Crippen molar-refractivity contribution in [3.8, 4) is 11.5 Å². The highest BCUT2D eigenvalue weighted by Gasteiger charge is 2.33. The van der Waals surface area contributed by atoms with Crippen molar-refractivity contribution in [2.75, 3.05) is 37.9 Å². The molecule has 2 aromatic carbocycles. The number of ether oxygens (including phenoxy) is 2. The Morgan fingerprint density at radius 2 is 1.56 bits per heavy atom. The van der Waals surface area contributed by atoms with Crippen LogP contribution in [0.25, 0.3) is 0 Å². The maximum atomic E-state index is 13.2. The second-order valence-corrected chi connectivity index (χ2v) is 8.57. The Balaban J connectivity index is 1.40. The number of likely N-dealkylation sites (tertiary alicyclic amines) is 1. The van der Waals surface area contributed by atoms with Crippen LogP contribution in [0.15, 0.2) is 42.5 Å². The van der Waals surface area contributed by atoms with E-state index >= 15 is 0 Å². The zero-order valence-electron chi connectivity index (χ0n) is 18.7. The number of benzene rings is 2. The fourth-order valence-corrected chi connectivity index (χ4v) is 4.87. The molecule has 170 valence electrons. The molecule has 7 nitrogen and oxygen atoms in total. The van der Waals surface area contributed by atoms with Crippen LogP contribution in [0.1, 0.15) is 42.5 Å². The average Bonchev–Trinajstić information content (AvgIpc) is 2.83. The van der Waals surface area contributed by atoms with E-state index in [1.807, 2.05) is 4.90 Å². The molecule has 3 amide bonds. The number of amides is 3. The number of carbonyl (C=O) groups is 2. The molecule has 1 aliphatic heterocycles. The highest BCUT2D eigenvalue weighted by molar-refractivity contribution is 6.01. The largest absolute Gasteiger partial charge is 0.497 e. The molecule has 1 saturated carbocycles. The van der Waals surface area contributed by atoms with Gasteiger partial charge < -0.3 is 25.0 Å². The minimum absolute atomic E-state index is 0.0000999. The Kier molecular flexibility index (Phi) is 6.83. The quantitative estimate of drug-likeness (QED) is 0.690. The zero-order chi connectivity index (χ0) is 22.5. The van der Waals surface area contributed by atoms with Crippen LogP contribution in [0.5, 0.6) is 11.5 Å². The third kappa shape index (κ3) is 4.98. The topological polar surface area (TPSA) is 79.9 Å². The Labute approximate surface area is 189 Å². The van der Waals surface area contributed by atoms with Gasteiger partial charge in [0.15, 0.2) is 0 Å². The van der Waals surface area contributed by atoms with Gasteiger partial charge in [0.1, 0.15) is 11.5 Å². The van der Waals surface area contributed by atoms with Gasteiger partial charge in [0.2, 0.25) is 0 Å². The molecule has 1 heterocycles. The molecule has 2 aromatic rings. The number of methoxy groups -OCH3 is 2. The number of nitrogens with one attached hydrogen (secondary N) is 2. The van der Waals surface area contributed by atoms with Gasteiger partial charge >= 0.3 is 6.03 Å². The van der Waals surface area contributed by atoms with Gasteiger partial charge in [0, 0.05) is 30.5 Å². The molecular weight excluding hydrogens is 406 g/mol. The number of urea groups is 1. The summed E-state index contributed by atoms with van der Waals surface area (Å²) < 4.78 is 10.6. The number of anilines is 2. The molecule has 2 fully saturated rings. The molecule has 0 radical (unpaired) electrons. The molecule has 2 N–H and O–H groups in total. The lowest BCUT2D eigenvalue weighted by atomic mass is 9.75. The molecule has 32 heavy (non-hydrogen) atoms. The summed E-state index contributed by atoms with van der Waals surface area (Å²) in [5, 5.41) is 5.56. The smallest absolute Gasteiger partial charge is 0.323 e. The molecule has 2 aliphatic rings. The highest BCUT2D eigenvalue weighted by atomic mass is 16.5. The molecule has 0 unspecified atom stereocenters. The lowest BCUT2D eigenvalue weighted by Crippen LogP contribution is -2.44. The van der Waals surface area contributed by atoms with Crippen molar-refractivity contribution in [3.63, 3.8) is 0 Å². The predicted octanol–water partition coefficient (Wildman–Crippen LogP) is 5.00. The van der Waals surface area contributed by atoms with Crippen LogP contribution in [-0.4, -0.2) is 44.1 Å². The first kappa shape index (κ1) is 22.0. The fraction of sp³-hybridized carbons (Fsp3) is 0.440. The summed E-state index contributed by atoms with van der Waals surface area (Å²) in [6.07, 6.45) is 6.20. The number of rotatable bonds is 5. The van der Waals surface area contributed by atoms with Crippen LogP contribution >= 0.6 is 0 Å². The standard InChI is InChI=1S/C25H31N3O4/c1-31-21-10-7-19(8-11-21)26-25(30)27-20-9-12-22(23(15-20)32-2)24(29)28-14-13-17-5-3-4-6-18(17)16-28/h7-12,15,17-18H,3-6,13-14,16H2,1-2H3,(H2,26,27,30)/t17-,18+/m1/s1. The van der Waals surface area contributed by atoms with E-state index in [4.69, 9.17) is 9.47 Å². The molecular formula is C25H31N3O4. The van der Waals surface area contributed by atoms with E-state index in [1.54, 1.807) is 56.7 Å². The van der Waals surface area contributed by atoms with Crippen molar-refractivity contribution in [1.29, 1.82) is 0 Å². The van der Waals surface area contributed by atoms with Crippen molar-refractivity contribution in [2.45, 2.75) is 32.1 Å². The van der Waals surface area contributed by atoms with Crippen molar-refractivity contribution >= 4 is 23.3 Å². The Morgan fingerprint density at radius 1 is 0.875 bits per heavy atom. The zero-order valence-corrected chi connectivity index (χ0v) is 18.7. The molecule has 0 bridgehead atoms. The maximum absolute atomic E-state index is 13.2. The molecule has 0 spiro atoms. The van der Waals surface area contributed by atoms with E-state index in [0.29, 0.717) is 34.4 Å². The number of hydrogen-bond acceptors (Lipinski definition) is 4. The molecule has 7 heteroatoms.